The van der Waals surface area contributed by atoms with E-state index in [9.17, 15) is 9.59 Å². The number of nitrogens with two attached hydrogens (primary N) is 1. The number of para-hydroxylation sites is 1. The number of fused-ring (bicyclic) bond motifs is 1. The first-order valence-electron chi connectivity index (χ1n) is 10.6. The van der Waals surface area contributed by atoms with E-state index in [1.54, 1.807) is 12.1 Å². The van der Waals surface area contributed by atoms with Crippen molar-refractivity contribution in [1.82, 2.24) is 9.55 Å². The van der Waals surface area contributed by atoms with Gasteiger partial charge in [-0.05, 0) is 43.5 Å². The van der Waals surface area contributed by atoms with Gasteiger partial charge in [0.05, 0.1) is 10.9 Å². The van der Waals surface area contributed by atoms with E-state index in [2.05, 4.69) is 19.2 Å². The quantitative estimate of drug-likeness (QED) is 0.407. The Morgan fingerprint density at radius 3 is 2.67 bits per heavy atom. The van der Waals surface area contributed by atoms with Crippen LogP contribution in [-0.4, -0.2) is 15.8 Å². The topological polar surface area (TPSA) is 90.0 Å². The maximum atomic E-state index is 13.3. The minimum atomic E-state index is -0.610. The number of carbonyl (C=O) groups excluding carboxylic acids is 1. The van der Waals surface area contributed by atoms with E-state index in [4.69, 9.17) is 10.7 Å². The van der Waals surface area contributed by atoms with Crippen molar-refractivity contribution in [3.8, 4) is 0 Å². The summed E-state index contributed by atoms with van der Waals surface area (Å²) in [4.78, 5) is 29.6. The second-order valence-corrected chi connectivity index (χ2v) is 7.67. The molecule has 3 rings (SSSR count). The van der Waals surface area contributed by atoms with Gasteiger partial charge in [0.1, 0.15) is 12.0 Å². The maximum absolute atomic E-state index is 13.3. The third-order valence-electron chi connectivity index (χ3n) is 5.25. The fraction of sp³-hybridized carbons (Fsp3) is 0.375. The van der Waals surface area contributed by atoms with Crippen molar-refractivity contribution in [1.29, 1.82) is 0 Å². The summed E-state index contributed by atoms with van der Waals surface area (Å²) >= 11 is 0. The Hall–Kier alpha value is -2.99. The summed E-state index contributed by atoms with van der Waals surface area (Å²) in [5.74, 6) is 0.807. The van der Waals surface area contributed by atoms with Gasteiger partial charge in [-0.2, -0.15) is 0 Å². The van der Waals surface area contributed by atoms with Crippen molar-refractivity contribution in [2.75, 3.05) is 5.32 Å². The average molecular weight is 407 g/mol. The van der Waals surface area contributed by atoms with Crippen molar-refractivity contribution < 1.29 is 4.79 Å². The normalized spacial score (nSPS) is 12.1. The van der Waals surface area contributed by atoms with Gasteiger partial charge in [-0.15, -0.1) is 0 Å². The number of rotatable bonds is 9. The molecule has 1 aromatic heterocycles. The minimum Gasteiger partial charge on any atom is -0.366 e. The van der Waals surface area contributed by atoms with E-state index >= 15 is 0 Å². The lowest BCUT2D eigenvalue weighted by Crippen LogP contribution is -2.28. The second kappa shape index (κ2) is 9.67. The summed E-state index contributed by atoms with van der Waals surface area (Å²) < 4.78 is 1.81. The van der Waals surface area contributed by atoms with Crippen LogP contribution in [0.3, 0.4) is 0 Å². The molecule has 0 spiro atoms. The molecule has 1 heterocycles. The van der Waals surface area contributed by atoms with Crippen molar-refractivity contribution in [3.63, 3.8) is 0 Å². The molecule has 6 nitrogen and oxygen atoms in total. The number of hydrogen-bond acceptors (Lipinski definition) is 5. The molecule has 0 amide bonds. The Labute approximate surface area is 177 Å². The van der Waals surface area contributed by atoms with E-state index in [1.807, 2.05) is 35.8 Å². The zero-order chi connectivity index (χ0) is 21.7. The molecule has 0 bridgehead atoms. The van der Waals surface area contributed by atoms with Gasteiger partial charge in [-0.3, -0.25) is 14.2 Å². The van der Waals surface area contributed by atoms with Crippen LogP contribution >= 0.6 is 0 Å². The van der Waals surface area contributed by atoms with Gasteiger partial charge < -0.3 is 11.1 Å². The first-order valence-corrected chi connectivity index (χ1v) is 10.6. The van der Waals surface area contributed by atoms with Gasteiger partial charge in [0.2, 0.25) is 0 Å². The number of anilines is 1. The molecule has 1 unspecified atom stereocenters. The first-order chi connectivity index (χ1) is 14.5. The Morgan fingerprint density at radius 1 is 1.20 bits per heavy atom. The SMILES string of the molecule is CCCCc1nc2c(C(N)Nc3ccccc3C=O)cc(C)cc2c(=O)n1CCC. The predicted molar refractivity (Wildman–Crippen MR) is 122 cm³/mol. The van der Waals surface area contributed by atoms with Crippen LogP contribution in [-0.2, 0) is 13.0 Å². The smallest absolute Gasteiger partial charge is 0.261 e. The Bertz CT molecular complexity index is 1100. The summed E-state index contributed by atoms with van der Waals surface area (Å²) in [6.07, 6.45) is 3.82. The Morgan fingerprint density at radius 2 is 1.97 bits per heavy atom. The highest BCUT2D eigenvalue weighted by molar-refractivity contribution is 5.85. The zero-order valence-electron chi connectivity index (χ0n) is 17.9. The van der Waals surface area contributed by atoms with Gasteiger partial charge >= 0.3 is 0 Å². The Balaban J connectivity index is 2.15. The largest absolute Gasteiger partial charge is 0.366 e. The molecule has 158 valence electrons. The van der Waals surface area contributed by atoms with Crippen LogP contribution in [0.1, 0.15) is 66.6 Å². The molecule has 0 aliphatic carbocycles. The van der Waals surface area contributed by atoms with Crippen LogP contribution in [0.4, 0.5) is 5.69 Å². The molecular formula is C24H30N4O2. The van der Waals surface area contributed by atoms with Crippen molar-refractivity contribution in [3.05, 3.63) is 69.3 Å². The summed E-state index contributed by atoms with van der Waals surface area (Å²) in [5, 5.41) is 3.80. The summed E-state index contributed by atoms with van der Waals surface area (Å²) in [6.45, 7) is 6.79. The predicted octanol–water partition coefficient (Wildman–Crippen LogP) is 4.34. The second-order valence-electron chi connectivity index (χ2n) is 7.67. The molecule has 1 atom stereocenters. The molecular weight excluding hydrogens is 376 g/mol. The van der Waals surface area contributed by atoms with Crippen LogP contribution < -0.4 is 16.6 Å². The minimum absolute atomic E-state index is 0.0154. The van der Waals surface area contributed by atoms with E-state index in [-0.39, 0.29) is 5.56 Å². The molecule has 3 aromatic rings. The third kappa shape index (κ3) is 4.44. The van der Waals surface area contributed by atoms with Crippen LogP contribution in [0.2, 0.25) is 0 Å². The number of carbonyl (C=O) groups is 1. The van der Waals surface area contributed by atoms with Gasteiger partial charge in [0, 0.05) is 29.8 Å². The van der Waals surface area contributed by atoms with E-state index in [1.165, 1.54) is 0 Å². The molecule has 0 aliphatic heterocycles. The van der Waals surface area contributed by atoms with Crippen molar-refractivity contribution in [2.45, 2.75) is 59.2 Å². The van der Waals surface area contributed by atoms with Crippen LogP contribution in [0.15, 0.2) is 41.2 Å². The molecule has 0 aliphatic rings. The standard InChI is InChI=1S/C24H30N4O2/c1-4-6-11-21-27-22-18(23(25)26-20-10-8-7-9-17(20)15-29)13-16(3)14-19(22)24(30)28(21)12-5-2/h7-10,13-15,23,26H,4-6,11-12,25H2,1-3H3. The molecule has 0 radical (unpaired) electrons. The highest BCUT2D eigenvalue weighted by Gasteiger charge is 2.18. The molecule has 3 N–H and O–H groups in total. The molecule has 0 fully saturated rings. The van der Waals surface area contributed by atoms with Gasteiger partial charge in [-0.25, -0.2) is 4.98 Å². The van der Waals surface area contributed by atoms with Gasteiger partial charge in [-0.1, -0.05) is 38.5 Å². The number of aromatic nitrogens is 2. The van der Waals surface area contributed by atoms with Crippen LogP contribution in [0.5, 0.6) is 0 Å². The number of nitrogens with one attached hydrogen (secondary N) is 1. The number of unbranched alkanes of at least 4 members (excludes halogenated alkanes) is 1. The van der Waals surface area contributed by atoms with Gasteiger partial charge in [0.25, 0.3) is 5.56 Å². The van der Waals surface area contributed by atoms with E-state index in [0.717, 1.165) is 48.9 Å². The van der Waals surface area contributed by atoms with Crippen molar-refractivity contribution >= 4 is 22.9 Å². The summed E-state index contributed by atoms with van der Waals surface area (Å²) in [5.41, 5.74) is 10.0. The third-order valence-corrected chi connectivity index (χ3v) is 5.25. The summed E-state index contributed by atoms with van der Waals surface area (Å²) in [6, 6.07) is 11.1. The Kier molecular flexibility index (Phi) is 7.00. The van der Waals surface area contributed by atoms with Crippen molar-refractivity contribution in [2.24, 2.45) is 5.73 Å². The zero-order valence-corrected chi connectivity index (χ0v) is 17.9. The number of nitrogens with zero attached hydrogens (tertiary/aromatic N) is 2. The first kappa shape index (κ1) is 21.7. The monoisotopic (exact) mass is 406 g/mol. The highest BCUT2D eigenvalue weighted by atomic mass is 16.1. The summed E-state index contributed by atoms with van der Waals surface area (Å²) in [7, 11) is 0. The molecule has 0 saturated carbocycles. The lowest BCUT2D eigenvalue weighted by Gasteiger charge is -2.20. The number of aryl methyl sites for hydroxylation is 2. The number of aldehydes is 1. The molecule has 0 saturated heterocycles. The number of hydrogen-bond donors (Lipinski definition) is 2. The average Bonchev–Trinajstić information content (AvgIpc) is 2.75. The lowest BCUT2D eigenvalue weighted by molar-refractivity contribution is 0.112. The fourth-order valence-corrected chi connectivity index (χ4v) is 3.74. The lowest BCUT2D eigenvalue weighted by atomic mass is 10.0. The highest BCUT2D eigenvalue weighted by Crippen LogP contribution is 2.25. The van der Waals surface area contributed by atoms with Crippen LogP contribution in [0, 0.1) is 6.92 Å². The maximum Gasteiger partial charge on any atom is 0.261 e. The molecule has 2 aromatic carbocycles. The molecule has 6 heteroatoms. The van der Waals surface area contributed by atoms with Crippen LogP contribution in [0.25, 0.3) is 10.9 Å². The fourth-order valence-electron chi connectivity index (χ4n) is 3.74. The van der Waals surface area contributed by atoms with E-state index in [0.29, 0.717) is 28.7 Å². The number of benzene rings is 2. The van der Waals surface area contributed by atoms with E-state index < -0.39 is 6.17 Å². The van der Waals surface area contributed by atoms with Gasteiger partial charge in [0.15, 0.2) is 6.29 Å². The molecule has 30 heavy (non-hydrogen) atoms.